The highest BCUT2D eigenvalue weighted by molar-refractivity contribution is 5.72. The third-order valence-corrected chi connectivity index (χ3v) is 4.32. The summed E-state index contributed by atoms with van der Waals surface area (Å²) in [6, 6.07) is 4.21. The molecule has 3 heterocycles. The van der Waals surface area contributed by atoms with Gasteiger partial charge in [-0.1, -0.05) is 0 Å². The van der Waals surface area contributed by atoms with E-state index < -0.39 is 0 Å². The average Bonchev–Trinajstić information content (AvgIpc) is 3.09. The monoisotopic (exact) mass is 358 g/mol. The number of amides is 1. The molecule has 1 N–H and O–H groups in total. The molecule has 1 saturated heterocycles. The molecular formula is C18H26N6O2. The molecule has 1 aliphatic heterocycles. The summed E-state index contributed by atoms with van der Waals surface area (Å²) >= 11 is 0. The Morgan fingerprint density at radius 3 is 3.00 bits per heavy atom. The van der Waals surface area contributed by atoms with E-state index in [2.05, 4.69) is 49.9 Å². The molecule has 1 atom stereocenters. The molecule has 0 saturated carbocycles. The van der Waals surface area contributed by atoms with Crippen LogP contribution in [0.25, 0.3) is 0 Å². The van der Waals surface area contributed by atoms with E-state index >= 15 is 0 Å². The van der Waals surface area contributed by atoms with Gasteiger partial charge in [0.15, 0.2) is 5.82 Å². The molecule has 1 aliphatic rings. The van der Waals surface area contributed by atoms with Gasteiger partial charge in [-0.15, -0.1) is 0 Å². The Hall–Kier alpha value is -2.32. The molecule has 2 aromatic heterocycles. The van der Waals surface area contributed by atoms with E-state index in [0.717, 1.165) is 25.3 Å². The van der Waals surface area contributed by atoms with Crippen LogP contribution in [0.2, 0.25) is 0 Å². The van der Waals surface area contributed by atoms with Crippen LogP contribution in [0, 0.1) is 0 Å². The van der Waals surface area contributed by atoms with Crippen molar-refractivity contribution in [2.75, 3.05) is 19.7 Å². The van der Waals surface area contributed by atoms with E-state index in [9.17, 15) is 4.79 Å². The lowest BCUT2D eigenvalue weighted by Gasteiger charge is -2.32. The molecule has 2 aromatic rings. The van der Waals surface area contributed by atoms with Gasteiger partial charge in [-0.3, -0.25) is 14.4 Å². The summed E-state index contributed by atoms with van der Waals surface area (Å²) in [7, 11) is 0. The number of carbonyl (C=O) groups is 1. The van der Waals surface area contributed by atoms with Gasteiger partial charge >= 0.3 is 0 Å². The molecule has 1 fully saturated rings. The van der Waals surface area contributed by atoms with Gasteiger partial charge in [0.05, 0.1) is 24.5 Å². The normalized spacial score (nSPS) is 18.2. The fraction of sp³-hybridized carbons (Fsp3) is 0.556. The van der Waals surface area contributed by atoms with E-state index in [4.69, 9.17) is 4.74 Å². The highest BCUT2D eigenvalue weighted by Gasteiger charge is 2.25. The van der Waals surface area contributed by atoms with E-state index in [1.807, 2.05) is 6.20 Å². The lowest BCUT2D eigenvalue weighted by molar-refractivity contribution is -0.119. The van der Waals surface area contributed by atoms with Gasteiger partial charge in [0.1, 0.15) is 6.10 Å². The van der Waals surface area contributed by atoms with E-state index in [-0.39, 0.29) is 12.0 Å². The third-order valence-electron chi connectivity index (χ3n) is 4.32. The average molecular weight is 358 g/mol. The first-order chi connectivity index (χ1) is 12.5. The number of rotatable bonds is 6. The molecule has 0 spiro atoms. The Labute approximate surface area is 153 Å². The fourth-order valence-corrected chi connectivity index (χ4v) is 3.04. The summed E-state index contributed by atoms with van der Waals surface area (Å²) in [5.74, 6) is 0.585. The summed E-state index contributed by atoms with van der Waals surface area (Å²) in [6.45, 7) is 9.21. The Bertz CT molecular complexity index is 745. The Morgan fingerprint density at radius 1 is 1.38 bits per heavy atom. The van der Waals surface area contributed by atoms with Crippen molar-refractivity contribution in [1.29, 1.82) is 0 Å². The second-order valence-electron chi connectivity index (χ2n) is 6.77. The Balaban J connectivity index is 1.65. The summed E-state index contributed by atoms with van der Waals surface area (Å²) in [5, 5.41) is 7.16. The van der Waals surface area contributed by atoms with Crippen molar-refractivity contribution in [3.8, 4) is 0 Å². The summed E-state index contributed by atoms with van der Waals surface area (Å²) in [5.41, 5.74) is 1.98. The molecule has 8 nitrogen and oxygen atoms in total. The second kappa shape index (κ2) is 8.37. The van der Waals surface area contributed by atoms with Gasteiger partial charge < -0.3 is 10.1 Å². The van der Waals surface area contributed by atoms with Crippen molar-refractivity contribution >= 4 is 5.91 Å². The van der Waals surface area contributed by atoms with Crippen molar-refractivity contribution in [3.05, 3.63) is 41.7 Å². The smallest absolute Gasteiger partial charge is 0.217 e. The zero-order valence-electron chi connectivity index (χ0n) is 15.6. The number of nitrogens with zero attached hydrogens (tertiary/aromatic N) is 5. The van der Waals surface area contributed by atoms with Crippen molar-refractivity contribution in [1.82, 2.24) is 30.0 Å². The fourth-order valence-electron chi connectivity index (χ4n) is 3.04. The minimum absolute atomic E-state index is 0.0768. The minimum Gasteiger partial charge on any atom is -0.368 e. The van der Waals surface area contributed by atoms with E-state index in [0.29, 0.717) is 25.0 Å². The zero-order valence-corrected chi connectivity index (χ0v) is 15.6. The first-order valence-electron chi connectivity index (χ1n) is 8.95. The summed E-state index contributed by atoms with van der Waals surface area (Å²) < 4.78 is 7.95. The first-order valence-corrected chi connectivity index (χ1v) is 8.95. The predicted octanol–water partition coefficient (Wildman–Crippen LogP) is 1.46. The van der Waals surface area contributed by atoms with Crippen molar-refractivity contribution in [2.24, 2.45) is 0 Å². The minimum atomic E-state index is -0.170. The van der Waals surface area contributed by atoms with Crippen LogP contribution in [0.15, 0.2) is 24.5 Å². The quantitative estimate of drug-likeness (QED) is 0.842. The van der Waals surface area contributed by atoms with Gasteiger partial charge in [-0.05, 0) is 26.0 Å². The number of morpholine rings is 1. The molecule has 1 unspecified atom stereocenters. The van der Waals surface area contributed by atoms with Gasteiger partial charge in [-0.25, -0.2) is 9.97 Å². The number of ether oxygens (including phenoxy) is 1. The van der Waals surface area contributed by atoms with Crippen LogP contribution in [0.4, 0.5) is 0 Å². The molecule has 0 bridgehead atoms. The predicted molar refractivity (Wildman–Crippen MR) is 96.1 cm³/mol. The maximum atomic E-state index is 11.1. The number of hydrogen-bond acceptors (Lipinski definition) is 6. The lowest BCUT2D eigenvalue weighted by Crippen LogP contribution is -2.39. The molecule has 8 heteroatoms. The second-order valence-corrected chi connectivity index (χ2v) is 6.77. The van der Waals surface area contributed by atoms with Crippen LogP contribution in [-0.2, 0) is 22.6 Å². The van der Waals surface area contributed by atoms with E-state index in [1.165, 1.54) is 12.6 Å². The maximum Gasteiger partial charge on any atom is 0.217 e. The molecule has 0 radical (unpaired) electrons. The molecular weight excluding hydrogens is 332 g/mol. The Kier molecular flexibility index (Phi) is 5.95. The van der Waals surface area contributed by atoms with Crippen molar-refractivity contribution < 1.29 is 9.53 Å². The van der Waals surface area contributed by atoms with Crippen LogP contribution in [0.5, 0.6) is 0 Å². The summed E-state index contributed by atoms with van der Waals surface area (Å²) in [6.07, 6.45) is 3.40. The SMILES string of the molecule is CC(=O)NCc1ccnc(C2CN(Cc3ccnn3C(C)C)CCO2)n1. The zero-order chi connectivity index (χ0) is 18.5. The molecule has 140 valence electrons. The van der Waals surface area contributed by atoms with Gasteiger partial charge in [-0.2, -0.15) is 5.10 Å². The van der Waals surface area contributed by atoms with Crippen LogP contribution in [-0.4, -0.2) is 50.3 Å². The highest BCUT2D eigenvalue weighted by atomic mass is 16.5. The molecule has 1 amide bonds. The number of nitrogens with one attached hydrogen (secondary N) is 1. The van der Waals surface area contributed by atoms with Gasteiger partial charge in [0, 0.05) is 45.0 Å². The third kappa shape index (κ3) is 4.64. The van der Waals surface area contributed by atoms with Crippen molar-refractivity contribution in [2.45, 2.75) is 46.0 Å². The Morgan fingerprint density at radius 2 is 2.23 bits per heavy atom. The summed E-state index contributed by atoms with van der Waals surface area (Å²) in [4.78, 5) is 22.3. The number of aromatic nitrogens is 4. The number of carbonyl (C=O) groups excluding carboxylic acids is 1. The molecule has 26 heavy (non-hydrogen) atoms. The van der Waals surface area contributed by atoms with Gasteiger partial charge in [0.2, 0.25) is 5.91 Å². The van der Waals surface area contributed by atoms with Crippen molar-refractivity contribution in [3.63, 3.8) is 0 Å². The van der Waals surface area contributed by atoms with Crippen LogP contribution in [0.3, 0.4) is 0 Å². The number of hydrogen-bond donors (Lipinski definition) is 1. The van der Waals surface area contributed by atoms with Gasteiger partial charge in [0.25, 0.3) is 0 Å². The molecule has 0 aromatic carbocycles. The molecule has 3 rings (SSSR count). The topological polar surface area (TPSA) is 85.2 Å². The highest BCUT2D eigenvalue weighted by Crippen LogP contribution is 2.21. The molecule has 0 aliphatic carbocycles. The first kappa shape index (κ1) is 18.5. The van der Waals surface area contributed by atoms with E-state index in [1.54, 1.807) is 12.3 Å². The van der Waals surface area contributed by atoms with Crippen LogP contribution in [0.1, 0.15) is 50.1 Å². The largest absolute Gasteiger partial charge is 0.368 e. The standard InChI is InChI=1S/C18H26N6O2/c1-13(2)24-16(5-7-21-24)11-23-8-9-26-17(12-23)18-19-6-4-15(22-18)10-20-14(3)25/h4-7,13,17H,8-12H2,1-3H3,(H,20,25). The maximum absolute atomic E-state index is 11.1. The lowest BCUT2D eigenvalue weighted by atomic mass is 10.2. The van der Waals surface area contributed by atoms with Crippen LogP contribution < -0.4 is 5.32 Å². The van der Waals surface area contributed by atoms with Crippen LogP contribution >= 0.6 is 0 Å².